The number of hydrogen-bond donors (Lipinski definition) is 2. The second-order valence-electron chi connectivity index (χ2n) is 7.76. The first kappa shape index (κ1) is 25.1. The molecular formula is C27H20Br2ClN3O2. The van der Waals surface area contributed by atoms with Crippen molar-refractivity contribution in [2.75, 3.05) is 6.54 Å². The van der Waals surface area contributed by atoms with Crippen molar-refractivity contribution in [3.63, 3.8) is 0 Å². The minimum atomic E-state index is -0.435. The van der Waals surface area contributed by atoms with E-state index < -0.39 is 5.91 Å². The number of nitrogens with zero attached hydrogens (tertiary/aromatic N) is 1. The second-order valence-corrected chi connectivity index (χ2v) is 9.94. The molecule has 5 nitrogen and oxygen atoms in total. The van der Waals surface area contributed by atoms with Crippen molar-refractivity contribution < 1.29 is 9.53 Å². The highest BCUT2D eigenvalue weighted by atomic mass is 79.9. The Morgan fingerprint density at radius 3 is 2.66 bits per heavy atom. The van der Waals surface area contributed by atoms with Crippen LogP contribution in [0.2, 0.25) is 5.02 Å². The fourth-order valence-electron chi connectivity index (χ4n) is 3.60. The Kier molecular flexibility index (Phi) is 8.29. The number of ether oxygens (including phenoxy) is 1. The van der Waals surface area contributed by atoms with Crippen molar-refractivity contribution in [3.05, 3.63) is 103 Å². The first-order chi connectivity index (χ1) is 16.9. The van der Waals surface area contributed by atoms with Crippen molar-refractivity contribution in [2.24, 2.45) is 0 Å². The van der Waals surface area contributed by atoms with E-state index in [2.05, 4.69) is 42.2 Å². The number of rotatable bonds is 8. The summed E-state index contributed by atoms with van der Waals surface area (Å²) < 4.78 is 7.51. The summed E-state index contributed by atoms with van der Waals surface area (Å²) in [6.07, 6.45) is 4.10. The SMILES string of the molecule is N#C/C(=C/c1cc(Cl)c(OCc2ccc(Br)cc2)c(Br)c1)C(=O)NCCc1c[nH]c2ccccc12. The van der Waals surface area contributed by atoms with Gasteiger partial charge in [0.1, 0.15) is 18.2 Å². The number of nitriles is 1. The molecule has 8 heteroatoms. The fraction of sp³-hybridized carbons (Fsp3) is 0.111. The van der Waals surface area contributed by atoms with E-state index in [9.17, 15) is 10.1 Å². The molecule has 0 aliphatic carbocycles. The van der Waals surface area contributed by atoms with E-state index in [0.717, 1.165) is 26.5 Å². The summed E-state index contributed by atoms with van der Waals surface area (Å²) in [6, 6.07) is 21.2. The molecule has 0 bridgehead atoms. The maximum absolute atomic E-state index is 12.6. The van der Waals surface area contributed by atoms with Crippen molar-refractivity contribution in [2.45, 2.75) is 13.0 Å². The minimum absolute atomic E-state index is 0.00424. The molecule has 4 rings (SSSR count). The van der Waals surface area contributed by atoms with Crippen molar-refractivity contribution in [3.8, 4) is 11.8 Å². The van der Waals surface area contributed by atoms with Gasteiger partial charge < -0.3 is 15.0 Å². The second kappa shape index (κ2) is 11.6. The van der Waals surface area contributed by atoms with Gasteiger partial charge in [0.15, 0.2) is 5.75 Å². The molecule has 1 amide bonds. The number of amides is 1. The number of aromatic amines is 1. The first-order valence-electron chi connectivity index (χ1n) is 10.8. The van der Waals surface area contributed by atoms with Crippen molar-refractivity contribution in [1.82, 2.24) is 10.3 Å². The molecule has 2 N–H and O–H groups in total. The third-order valence-electron chi connectivity index (χ3n) is 5.35. The Bertz CT molecular complexity index is 1420. The number of H-pyrrole nitrogens is 1. The largest absolute Gasteiger partial charge is 0.486 e. The number of carbonyl (C=O) groups excluding carboxylic acids is 1. The van der Waals surface area contributed by atoms with Gasteiger partial charge in [-0.15, -0.1) is 0 Å². The van der Waals surface area contributed by atoms with Crippen LogP contribution in [0.3, 0.4) is 0 Å². The average Bonchev–Trinajstić information content (AvgIpc) is 3.26. The van der Waals surface area contributed by atoms with Crippen LogP contribution in [0.25, 0.3) is 17.0 Å². The Labute approximate surface area is 225 Å². The molecule has 0 atom stereocenters. The lowest BCUT2D eigenvalue weighted by molar-refractivity contribution is -0.117. The Balaban J connectivity index is 1.40. The molecule has 176 valence electrons. The average molecular weight is 614 g/mol. The van der Waals surface area contributed by atoms with Gasteiger partial charge in [0.25, 0.3) is 5.91 Å². The summed E-state index contributed by atoms with van der Waals surface area (Å²) in [5.74, 6) is 0.0589. The highest BCUT2D eigenvalue weighted by Gasteiger charge is 2.13. The summed E-state index contributed by atoms with van der Waals surface area (Å²) in [5.41, 5.74) is 3.77. The minimum Gasteiger partial charge on any atom is -0.486 e. The summed E-state index contributed by atoms with van der Waals surface area (Å²) in [4.78, 5) is 15.8. The predicted octanol–water partition coefficient (Wildman–Crippen LogP) is 7.19. The standard InChI is InChI=1S/C27H20Br2ClN3O2/c28-21-7-5-17(6-8-21)16-35-26-23(29)12-18(13-24(26)30)11-20(14-31)27(34)32-10-9-19-15-33-25-4-2-1-3-22(19)25/h1-8,11-13,15,33H,9-10,16H2,(H,32,34)/b20-11-. The van der Waals surface area contributed by atoms with Gasteiger partial charge >= 0.3 is 0 Å². The Morgan fingerprint density at radius 2 is 1.91 bits per heavy atom. The van der Waals surface area contributed by atoms with Crippen LogP contribution in [-0.4, -0.2) is 17.4 Å². The lowest BCUT2D eigenvalue weighted by Gasteiger charge is -2.11. The maximum Gasteiger partial charge on any atom is 0.261 e. The number of carbonyl (C=O) groups is 1. The van der Waals surface area contributed by atoms with Crippen molar-refractivity contribution >= 4 is 66.3 Å². The molecule has 35 heavy (non-hydrogen) atoms. The van der Waals surface area contributed by atoms with E-state index in [1.807, 2.05) is 60.8 Å². The lowest BCUT2D eigenvalue weighted by Crippen LogP contribution is -2.26. The first-order valence-corrected chi connectivity index (χ1v) is 12.7. The molecule has 1 aromatic heterocycles. The van der Waals surface area contributed by atoms with Gasteiger partial charge in [0.2, 0.25) is 0 Å². The van der Waals surface area contributed by atoms with Gasteiger partial charge in [0, 0.05) is 28.1 Å². The maximum atomic E-state index is 12.6. The number of aromatic nitrogens is 1. The molecule has 4 aromatic rings. The van der Waals surface area contributed by atoms with E-state index >= 15 is 0 Å². The van der Waals surface area contributed by atoms with Crippen LogP contribution in [0.5, 0.6) is 5.75 Å². The van der Waals surface area contributed by atoms with E-state index in [4.69, 9.17) is 16.3 Å². The lowest BCUT2D eigenvalue weighted by atomic mass is 10.1. The zero-order valence-electron chi connectivity index (χ0n) is 18.4. The van der Waals surface area contributed by atoms with E-state index in [1.165, 1.54) is 6.08 Å². The molecule has 0 fully saturated rings. The summed E-state index contributed by atoms with van der Waals surface area (Å²) in [7, 11) is 0. The predicted molar refractivity (Wildman–Crippen MR) is 146 cm³/mol. The van der Waals surface area contributed by atoms with Crippen LogP contribution in [0, 0.1) is 11.3 Å². The number of hydrogen-bond acceptors (Lipinski definition) is 3. The van der Waals surface area contributed by atoms with Crippen molar-refractivity contribution in [1.29, 1.82) is 5.26 Å². The third kappa shape index (κ3) is 6.34. The molecule has 0 aliphatic heterocycles. The van der Waals surface area contributed by atoms with Gasteiger partial charge in [-0.1, -0.05) is 57.9 Å². The third-order valence-corrected chi connectivity index (χ3v) is 6.75. The van der Waals surface area contributed by atoms with E-state index in [-0.39, 0.29) is 5.57 Å². The van der Waals surface area contributed by atoms with Gasteiger partial charge in [0.05, 0.1) is 9.50 Å². The van der Waals surface area contributed by atoms with Gasteiger partial charge in [-0.25, -0.2) is 0 Å². The van der Waals surface area contributed by atoms with Crippen LogP contribution in [0.15, 0.2) is 81.4 Å². The molecule has 0 aliphatic rings. The van der Waals surface area contributed by atoms with Crippen LogP contribution in [-0.2, 0) is 17.8 Å². The Morgan fingerprint density at radius 1 is 1.14 bits per heavy atom. The molecule has 0 spiro atoms. The highest BCUT2D eigenvalue weighted by molar-refractivity contribution is 9.10. The zero-order chi connectivity index (χ0) is 24.8. The van der Waals surface area contributed by atoms with Crippen LogP contribution < -0.4 is 10.1 Å². The number of fused-ring (bicyclic) bond motifs is 1. The summed E-state index contributed by atoms with van der Waals surface area (Å²) in [6.45, 7) is 0.760. The quantitative estimate of drug-likeness (QED) is 0.163. The van der Waals surface area contributed by atoms with Gasteiger partial charge in [-0.05, 0) is 75.4 Å². The number of benzene rings is 3. The molecule has 3 aromatic carbocycles. The number of halogens is 3. The topological polar surface area (TPSA) is 77.9 Å². The summed E-state index contributed by atoms with van der Waals surface area (Å²) in [5, 5.41) is 13.9. The molecule has 0 saturated carbocycles. The van der Waals surface area contributed by atoms with Crippen LogP contribution >= 0.6 is 43.5 Å². The van der Waals surface area contributed by atoms with E-state index in [1.54, 1.807) is 12.1 Å². The van der Waals surface area contributed by atoms with Crippen LogP contribution in [0.4, 0.5) is 0 Å². The molecule has 0 radical (unpaired) electrons. The summed E-state index contributed by atoms with van der Waals surface area (Å²) >= 11 is 13.3. The van der Waals surface area contributed by atoms with Gasteiger partial charge in [-0.2, -0.15) is 5.26 Å². The van der Waals surface area contributed by atoms with E-state index in [0.29, 0.717) is 40.4 Å². The number of para-hydroxylation sites is 1. The zero-order valence-corrected chi connectivity index (χ0v) is 22.4. The molecular weight excluding hydrogens is 594 g/mol. The van der Waals surface area contributed by atoms with Gasteiger partial charge in [-0.3, -0.25) is 4.79 Å². The smallest absolute Gasteiger partial charge is 0.261 e. The fourth-order valence-corrected chi connectivity index (χ4v) is 4.85. The monoisotopic (exact) mass is 611 g/mol. The van der Waals surface area contributed by atoms with Crippen LogP contribution in [0.1, 0.15) is 16.7 Å². The number of nitrogens with one attached hydrogen (secondary N) is 2. The Hall–Kier alpha value is -3.05. The molecule has 1 heterocycles. The normalized spacial score (nSPS) is 11.3. The molecule has 0 unspecified atom stereocenters. The molecule has 0 saturated heterocycles. The highest BCUT2D eigenvalue weighted by Crippen LogP contribution is 2.35.